The average molecular weight is 168 g/mol. The molecule has 0 unspecified atom stereocenters. The van der Waals surface area contributed by atoms with E-state index in [9.17, 15) is 4.39 Å². The van der Waals surface area contributed by atoms with Crippen LogP contribution < -0.4 is 11.5 Å². The minimum absolute atomic E-state index is 0.264. The highest BCUT2D eigenvalue weighted by Gasteiger charge is 2.08. The largest absolute Gasteiger partial charge is 0.329 e. The zero-order valence-electron chi connectivity index (χ0n) is 7.05. The highest BCUT2D eigenvalue weighted by Crippen LogP contribution is 2.15. The average Bonchev–Trinajstić information content (AvgIpc) is 2.03. The molecule has 0 fully saturated rings. The molecule has 0 saturated heterocycles. The number of aryl methyl sites for hydroxylation is 1. The summed E-state index contributed by atoms with van der Waals surface area (Å²) in [7, 11) is 0. The maximum atomic E-state index is 13.2. The molecule has 0 bridgehead atoms. The van der Waals surface area contributed by atoms with Crippen molar-refractivity contribution in [2.75, 3.05) is 6.54 Å². The molecule has 1 aromatic rings. The van der Waals surface area contributed by atoms with E-state index in [0.29, 0.717) is 5.56 Å². The Kier molecular flexibility index (Phi) is 2.78. The molecule has 1 aromatic carbocycles. The first-order chi connectivity index (χ1) is 5.65. The molecule has 0 heterocycles. The maximum absolute atomic E-state index is 13.2. The summed E-state index contributed by atoms with van der Waals surface area (Å²) in [5, 5.41) is 0. The van der Waals surface area contributed by atoms with E-state index in [1.807, 2.05) is 13.0 Å². The zero-order chi connectivity index (χ0) is 9.14. The van der Waals surface area contributed by atoms with Crippen molar-refractivity contribution in [2.45, 2.75) is 13.0 Å². The Bertz CT molecular complexity index is 273. The molecule has 0 aliphatic heterocycles. The van der Waals surface area contributed by atoms with Gasteiger partial charge in [-0.25, -0.2) is 4.39 Å². The minimum Gasteiger partial charge on any atom is -0.329 e. The van der Waals surface area contributed by atoms with Crippen LogP contribution in [-0.4, -0.2) is 6.54 Å². The summed E-state index contributed by atoms with van der Waals surface area (Å²) in [4.78, 5) is 0. The second kappa shape index (κ2) is 3.65. The van der Waals surface area contributed by atoms with Crippen LogP contribution in [0.1, 0.15) is 17.2 Å². The van der Waals surface area contributed by atoms with E-state index in [0.717, 1.165) is 5.56 Å². The van der Waals surface area contributed by atoms with Gasteiger partial charge in [-0.15, -0.1) is 0 Å². The molecule has 0 aliphatic carbocycles. The number of benzene rings is 1. The molecule has 2 nitrogen and oxygen atoms in total. The first kappa shape index (κ1) is 9.16. The quantitative estimate of drug-likeness (QED) is 0.694. The van der Waals surface area contributed by atoms with Gasteiger partial charge < -0.3 is 11.5 Å². The van der Waals surface area contributed by atoms with E-state index in [4.69, 9.17) is 11.5 Å². The Balaban J connectivity index is 3.01. The fourth-order valence-electron chi connectivity index (χ4n) is 1.06. The first-order valence-corrected chi connectivity index (χ1v) is 3.87. The van der Waals surface area contributed by atoms with Gasteiger partial charge in [0.2, 0.25) is 0 Å². The van der Waals surface area contributed by atoms with Crippen LogP contribution in [0.3, 0.4) is 0 Å². The van der Waals surface area contributed by atoms with Crippen LogP contribution in [0.15, 0.2) is 18.2 Å². The Labute approximate surface area is 71.4 Å². The van der Waals surface area contributed by atoms with Gasteiger partial charge >= 0.3 is 0 Å². The van der Waals surface area contributed by atoms with E-state index in [1.165, 1.54) is 6.07 Å². The summed E-state index contributed by atoms with van der Waals surface area (Å²) < 4.78 is 13.2. The third kappa shape index (κ3) is 1.81. The van der Waals surface area contributed by atoms with Gasteiger partial charge in [0.05, 0.1) is 0 Å². The van der Waals surface area contributed by atoms with E-state index in [-0.39, 0.29) is 12.4 Å². The molecule has 0 saturated carbocycles. The molecule has 66 valence electrons. The number of hydrogen-bond donors (Lipinski definition) is 2. The van der Waals surface area contributed by atoms with Crippen LogP contribution in [0.4, 0.5) is 4.39 Å². The van der Waals surface area contributed by atoms with Crippen LogP contribution in [0.5, 0.6) is 0 Å². The lowest BCUT2D eigenvalue weighted by molar-refractivity contribution is 0.583. The van der Waals surface area contributed by atoms with Crippen molar-refractivity contribution in [1.29, 1.82) is 0 Å². The lowest BCUT2D eigenvalue weighted by Gasteiger charge is -2.10. The van der Waals surface area contributed by atoms with Crippen molar-refractivity contribution in [3.63, 3.8) is 0 Å². The third-order valence-electron chi connectivity index (χ3n) is 1.81. The minimum atomic E-state index is -0.398. The molecular formula is C9H13FN2. The molecule has 12 heavy (non-hydrogen) atoms. The van der Waals surface area contributed by atoms with Crippen molar-refractivity contribution in [3.8, 4) is 0 Å². The fraction of sp³-hybridized carbons (Fsp3) is 0.333. The molecule has 0 aliphatic rings. The molecule has 0 aromatic heterocycles. The van der Waals surface area contributed by atoms with Crippen LogP contribution in [-0.2, 0) is 0 Å². The maximum Gasteiger partial charge on any atom is 0.128 e. The normalized spacial score (nSPS) is 13.0. The van der Waals surface area contributed by atoms with Gasteiger partial charge in [0.1, 0.15) is 5.82 Å². The van der Waals surface area contributed by atoms with Crippen molar-refractivity contribution in [3.05, 3.63) is 35.1 Å². The van der Waals surface area contributed by atoms with Crippen molar-refractivity contribution >= 4 is 0 Å². The van der Waals surface area contributed by atoms with Crippen LogP contribution in [0.2, 0.25) is 0 Å². The second-order valence-electron chi connectivity index (χ2n) is 2.87. The molecule has 1 atom stereocenters. The van der Waals surface area contributed by atoms with Gasteiger partial charge in [0.15, 0.2) is 0 Å². The SMILES string of the molecule is Cc1ccc([C@@H](N)CN)c(F)c1. The monoisotopic (exact) mass is 168 g/mol. The number of nitrogens with two attached hydrogens (primary N) is 2. The topological polar surface area (TPSA) is 52.0 Å². The zero-order valence-corrected chi connectivity index (χ0v) is 7.05. The highest BCUT2D eigenvalue weighted by molar-refractivity contribution is 5.25. The third-order valence-corrected chi connectivity index (χ3v) is 1.81. The van der Waals surface area contributed by atoms with E-state index < -0.39 is 6.04 Å². The van der Waals surface area contributed by atoms with Crippen molar-refractivity contribution < 1.29 is 4.39 Å². The van der Waals surface area contributed by atoms with Gasteiger partial charge in [-0.1, -0.05) is 12.1 Å². The van der Waals surface area contributed by atoms with Gasteiger partial charge in [-0.05, 0) is 18.6 Å². The molecular weight excluding hydrogens is 155 g/mol. The lowest BCUT2D eigenvalue weighted by atomic mass is 10.1. The van der Waals surface area contributed by atoms with Gasteiger partial charge in [-0.2, -0.15) is 0 Å². The fourth-order valence-corrected chi connectivity index (χ4v) is 1.06. The van der Waals surface area contributed by atoms with Crippen LogP contribution in [0.25, 0.3) is 0 Å². The molecule has 1 rings (SSSR count). The summed E-state index contributed by atoms with van der Waals surface area (Å²) in [6.45, 7) is 2.10. The van der Waals surface area contributed by atoms with Crippen LogP contribution >= 0.6 is 0 Å². The molecule has 0 radical (unpaired) electrons. The second-order valence-corrected chi connectivity index (χ2v) is 2.87. The number of hydrogen-bond acceptors (Lipinski definition) is 2. The Hall–Kier alpha value is -0.930. The standard InChI is InChI=1S/C9H13FN2/c1-6-2-3-7(8(10)4-6)9(12)5-11/h2-4,9H,5,11-12H2,1H3/t9-/m0/s1. The van der Waals surface area contributed by atoms with Gasteiger partial charge in [0, 0.05) is 18.2 Å². The Morgan fingerprint density at radius 2 is 2.17 bits per heavy atom. The number of halogens is 1. The summed E-state index contributed by atoms with van der Waals surface area (Å²) >= 11 is 0. The predicted octanol–water partition coefficient (Wildman–Crippen LogP) is 1.09. The lowest BCUT2D eigenvalue weighted by Crippen LogP contribution is -2.21. The smallest absolute Gasteiger partial charge is 0.128 e. The van der Waals surface area contributed by atoms with Gasteiger partial charge in [0.25, 0.3) is 0 Å². The Morgan fingerprint density at radius 1 is 1.50 bits per heavy atom. The Morgan fingerprint density at radius 3 is 2.67 bits per heavy atom. The molecule has 0 spiro atoms. The van der Waals surface area contributed by atoms with E-state index in [1.54, 1.807) is 6.07 Å². The first-order valence-electron chi connectivity index (χ1n) is 3.87. The van der Waals surface area contributed by atoms with E-state index >= 15 is 0 Å². The predicted molar refractivity (Wildman–Crippen MR) is 47.1 cm³/mol. The summed E-state index contributed by atoms with van der Waals surface area (Å²) in [5.74, 6) is -0.270. The van der Waals surface area contributed by atoms with Gasteiger partial charge in [-0.3, -0.25) is 0 Å². The summed E-state index contributed by atoms with van der Waals surface area (Å²) in [6, 6.07) is 4.58. The van der Waals surface area contributed by atoms with Crippen molar-refractivity contribution in [2.24, 2.45) is 11.5 Å². The summed E-state index contributed by atoms with van der Waals surface area (Å²) in [5.41, 5.74) is 12.3. The van der Waals surface area contributed by atoms with Crippen LogP contribution in [0, 0.1) is 12.7 Å². The van der Waals surface area contributed by atoms with E-state index in [2.05, 4.69) is 0 Å². The molecule has 3 heteroatoms. The molecule has 0 amide bonds. The summed E-state index contributed by atoms with van der Waals surface area (Å²) in [6.07, 6.45) is 0. The van der Waals surface area contributed by atoms with Crippen molar-refractivity contribution in [1.82, 2.24) is 0 Å². The highest BCUT2D eigenvalue weighted by atomic mass is 19.1. The molecule has 4 N–H and O–H groups in total. The number of rotatable bonds is 2.